The van der Waals surface area contributed by atoms with E-state index >= 15 is 0 Å². The second-order valence-corrected chi connectivity index (χ2v) is 4.02. The van der Waals surface area contributed by atoms with E-state index in [4.69, 9.17) is 0 Å². The van der Waals surface area contributed by atoms with Gasteiger partial charge in [0, 0.05) is 11.8 Å². The number of esters is 1. The average Bonchev–Trinajstić information content (AvgIpc) is 2.26. The Hall–Kier alpha value is -1.25. The molecule has 0 aliphatic carbocycles. The Bertz CT molecular complexity index is 490. The topological polar surface area (TPSA) is 39.2 Å². The van der Waals surface area contributed by atoms with Crippen molar-refractivity contribution in [1.82, 2.24) is 4.98 Å². The van der Waals surface area contributed by atoms with Crippen molar-refractivity contribution in [3.8, 4) is 0 Å². The zero-order valence-corrected chi connectivity index (χ0v) is 11.0. The molecule has 9 heteroatoms. The average molecular weight is 348 g/mol. The van der Waals surface area contributed by atoms with E-state index in [9.17, 15) is 26.7 Å². The number of hydrogen-bond acceptors (Lipinski definition) is 3. The predicted molar refractivity (Wildman–Crippen MR) is 57.9 cm³/mol. The molecule has 0 amide bonds. The largest absolute Gasteiger partial charge is 0.462 e. The van der Waals surface area contributed by atoms with Crippen molar-refractivity contribution in [3.63, 3.8) is 0 Å². The molecule has 0 N–H and O–H groups in total. The third-order valence-corrected chi connectivity index (χ3v) is 2.67. The number of nitrogens with zero attached hydrogens (tertiary/aromatic N) is 1. The Morgan fingerprint density at radius 2 is 2.05 bits per heavy atom. The minimum absolute atomic E-state index is 0.154. The lowest BCUT2D eigenvalue weighted by Crippen LogP contribution is -2.17. The molecule has 106 valence electrons. The molecule has 19 heavy (non-hydrogen) atoms. The molecule has 1 aromatic rings. The molecule has 1 aromatic heterocycles. The molecule has 0 fully saturated rings. The Labute approximate surface area is 112 Å². The quantitative estimate of drug-likeness (QED) is 0.471. The summed E-state index contributed by atoms with van der Waals surface area (Å²) in [5.74, 6) is -1.27. The van der Waals surface area contributed by atoms with Crippen LogP contribution in [0.2, 0.25) is 0 Å². The number of carbonyl (C=O) groups is 1. The van der Waals surface area contributed by atoms with Crippen LogP contribution in [0.15, 0.2) is 10.8 Å². The lowest BCUT2D eigenvalue weighted by molar-refractivity contribution is -0.140. The van der Waals surface area contributed by atoms with Crippen LogP contribution in [0.3, 0.4) is 0 Å². The molecule has 3 nitrogen and oxygen atoms in total. The van der Waals surface area contributed by atoms with Gasteiger partial charge in [0.05, 0.1) is 17.7 Å². The summed E-state index contributed by atoms with van der Waals surface area (Å²) in [7, 11) is 0. The lowest BCUT2D eigenvalue weighted by Gasteiger charge is -2.16. The number of halogens is 6. The summed E-state index contributed by atoms with van der Waals surface area (Å²) in [6, 6.07) is 0. The highest BCUT2D eigenvalue weighted by Gasteiger charge is 2.41. The first-order valence-electron chi connectivity index (χ1n) is 4.91. The minimum Gasteiger partial charge on any atom is -0.462 e. The van der Waals surface area contributed by atoms with Crippen LogP contribution in [0.25, 0.3) is 0 Å². The standard InChI is InChI=1S/C10H7BrF5NO2/c1-2-19-9(18)4-3-17-7(11)6(10(14,15)16)5(4)8(12)13/h3,8H,2H2,1H3. The van der Waals surface area contributed by atoms with E-state index in [0.29, 0.717) is 6.20 Å². The smallest absolute Gasteiger partial charge is 0.419 e. The first kappa shape index (κ1) is 15.8. The highest BCUT2D eigenvalue weighted by molar-refractivity contribution is 9.10. The number of pyridine rings is 1. The number of ether oxygens (including phenoxy) is 1. The van der Waals surface area contributed by atoms with Crippen molar-refractivity contribution in [3.05, 3.63) is 27.5 Å². The Balaban J connectivity index is 3.55. The van der Waals surface area contributed by atoms with Crippen LogP contribution in [-0.2, 0) is 10.9 Å². The van der Waals surface area contributed by atoms with Gasteiger partial charge < -0.3 is 4.74 Å². The van der Waals surface area contributed by atoms with Crippen LogP contribution in [0.1, 0.15) is 34.8 Å². The zero-order valence-electron chi connectivity index (χ0n) is 9.39. The second kappa shape index (κ2) is 5.81. The van der Waals surface area contributed by atoms with Gasteiger partial charge in [-0.1, -0.05) is 0 Å². The number of aromatic nitrogens is 1. The monoisotopic (exact) mass is 347 g/mol. The summed E-state index contributed by atoms with van der Waals surface area (Å²) in [4.78, 5) is 14.6. The number of hydrogen-bond donors (Lipinski definition) is 0. The number of carbonyl (C=O) groups excluding carboxylic acids is 1. The molecule has 0 aliphatic heterocycles. The van der Waals surface area contributed by atoms with Gasteiger partial charge in [-0.2, -0.15) is 13.2 Å². The summed E-state index contributed by atoms with van der Waals surface area (Å²) in [5, 5.41) is 0. The molecule has 1 heterocycles. The van der Waals surface area contributed by atoms with E-state index in [2.05, 4.69) is 25.7 Å². The second-order valence-electron chi connectivity index (χ2n) is 3.27. The number of alkyl halides is 5. The molecule has 0 unspecified atom stereocenters. The summed E-state index contributed by atoms with van der Waals surface area (Å²) < 4.78 is 67.5. The molecule has 0 atom stereocenters. The molecule has 0 saturated heterocycles. The van der Waals surface area contributed by atoms with Gasteiger partial charge in [-0.05, 0) is 22.9 Å². The molecule has 0 bridgehead atoms. The summed E-state index contributed by atoms with van der Waals surface area (Å²) in [6.07, 6.45) is -7.94. The molecule has 0 saturated carbocycles. The Morgan fingerprint density at radius 3 is 2.47 bits per heavy atom. The molecular formula is C10H7BrF5NO2. The predicted octanol–water partition coefficient (Wildman–Crippen LogP) is 3.98. The normalized spacial score (nSPS) is 11.8. The van der Waals surface area contributed by atoms with Crippen molar-refractivity contribution in [2.75, 3.05) is 6.61 Å². The molecule has 0 aliphatic rings. The first-order chi connectivity index (χ1) is 8.70. The van der Waals surface area contributed by atoms with Crippen molar-refractivity contribution >= 4 is 21.9 Å². The Kier molecular flexibility index (Phi) is 4.83. The summed E-state index contributed by atoms with van der Waals surface area (Å²) >= 11 is 2.46. The van der Waals surface area contributed by atoms with Crippen molar-refractivity contribution in [2.45, 2.75) is 19.5 Å². The van der Waals surface area contributed by atoms with E-state index in [1.54, 1.807) is 0 Å². The third-order valence-electron chi connectivity index (χ3n) is 2.07. The van der Waals surface area contributed by atoms with Crippen LogP contribution < -0.4 is 0 Å². The van der Waals surface area contributed by atoms with Crippen molar-refractivity contribution in [2.24, 2.45) is 0 Å². The van der Waals surface area contributed by atoms with Crippen molar-refractivity contribution < 1.29 is 31.5 Å². The van der Waals surface area contributed by atoms with E-state index in [-0.39, 0.29) is 6.61 Å². The SMILES string of the molecule is CCOC(=O)c1cnc(Br)c(C(F)(F)F)c1C(F)F. The van der Waals surface area contributed by atoms with Crippen LogP contribution in [0.4, 0.5) is 22.0 Å². The maximum Gasteiger partial charge on any atom is 0.419 e. The minimum atomic E-state index is -5.07. The number of rotatable bonds is 3. The van der Waals surface area contributed by atoms with Crippen molar-refractivity contribution in [1.29, 1.82) is 0 Å². The fraction of sp³-hybridized carbons (Fsp3) is 0.400. The van der Waals surface area contributed by atoms with Gasteiger partial charge in [0.1, 0.15) is 4.60 Å². The van der Waals surface area contributed by atoms with Crippen LogP contribution in [-0.4, -0.2) is 17.6 Å². The maximum absolute atomic E-state index is 12.8. The van der Waals surface area contributed by atoms with E-state index in [1.807, 2.05) is 0 Å². The highest BCUT2D eigenvalue weighted by atomic mass is 79.9. The van der Waals surface area contributed by atoms with Gasteiger partial charge in [-0.15, -0.1) is 0 Å². The van der Waals surface area contributed by atoms with E-state index in [0.717, 1.165) is 0 Å². The third kappa shape index (κ3) is 3.40. The summed E-state index contributed by atoms with van der Waals surface area (Å²) in [6.45, 7) is 1.25. The fourth-order valence-electron chi connectivity index (χ4n) is 1.37. The van der Waals surface area contributed by atoms with Gasteiger partial charge >= 0.3 is 12.1 Å². The van der Waals surface area contributed by atoms with Gasteiger partial charge in [0.25, 0.3) is 6.43 Å². The van der Waals surface area contributed by atoms with Crippen LogP contribution in [0.5, 0.6) is 0 Å². The molecule has 0 radical (unpaired) electrons. The zero-order chi connectivity index (χ0) is 14.8. The fourth-order valence-corrected chi connectivity index (χ4v) is 1.91. The van der Waals surface area contributed by atoms with Gasteiger partial charge in [-0.3, -0.25) is 0 Å². The summed E-state index contributed by atoms with van der Waals surface area (Å²) in [5.41, 5.74) is -4.01. The van der Waals surface area contributed by atoms with Gasteiger partial charge in [0.2, 0.25) is 0 Å². The molecule has 0 aromatic carbocycles. The highest BCUT2D eigenvalue weighted by Crippen LogP contribution is 2.41. The first-order valence-corrected chi connectivity index (χ1v) is 5.70. The van der Waals surface area contributed by atoms with Crippen LogP contribution >= 0.6 is 15.9 Å². The van der Waals surface area contributed by atoms with Crippen LogP contribution in [0, 0.1) is 0 Å². The maximum atomic E-state index is 12.8. The van der Waals surface area contributed by atoms with Gasteiger partial charge in [-0.25, -0.2) is 18.6 Å². The molecule has 0 spiro atoms. The van der Waals surface area contributed by atoms with E-state index < -0.39 is 39.9 Å². The molecule has 1 rings (SSSR count). The van der Waals surface area contributed by atoms with E-state index in [1.165, 1.54) is 6.92 Å². The Morgan fingerprint density at radius 1 is 1.47 bits per heavy atom. The van der Waals surface area contributed by atoms with Gasteiger partial charge in [0.15, 0.2) is 0 Å². The lowest BCUT2D eigenvalue weighted by atomic mass is 10.0. The molecular weight excluding hydrogens is 341 g/mol.